The molecule has 0 spiro atoms. The minimum absolute atomic E-state index is 1.17. The van der Waals surface area contributed by atoms with Crippen LogP contribution in [0, 0.1) is 0 Å². The Bertz CT molecular complexity index is 2110. The van der Waals surface area contributed by atoms with E-state index in [2.05, 4.69) is 155 Å². The summed E-state index contributed by atoms with van der Waals surface area (Å²) < 4.78 is 4.82. The number of benzene rings is 6. The molecule has 0 radical (unpaired) electrons. The van der Waals surface area contributed by atoms with Crippen LogP contribution >= 0.6 is 0 Å². The zero-order valence-corrected chi connectivity index (χ0v) is 20.8. The lowest BCUT2D eigenvalue weighted by Gasteiger charge is -2.11. The van der Waals surface area contributed by atoms with Gasteiger partial charge in [-0.2, -0.15) is 0 Å². The van der Waals surface area contributed by atoms with Gasteiger partial charge in [0.15, 0.2) is 0 Å². The number of hydrogen-bond donors (Lipinski definition) is 0. The van der Waals surface area contributed by atoms with Gasteiger partial charge in [-0.05, 0) is 59.7 Å². The Hall–Kier alpha value is -5.08. The van der Waals surface area contributed by atoms with Crippen LogP contribution in [0.25, 0.3) is 66.1 Å². The van der Waals surface area contributed by atoms with Gasteiger partial charge in [0, 0.05) is 32.9 Å². The van der Waals surface area contributed by atoms with Crippen molar-refractivity contribution in [2.75, 3.05) is 0 Å². The van der Waals surface area contributed by atoms with Crippen LogP contribution in [-0.2, 0) is 0 Å². The van der Waals surface area contributed by atoms with Gasteiger partial charge in [0.25, 0.3) is 0 Å². The van der Waals surface area contributed by atoms with Gasteiger partial charge < -0.3 is 9.13 Å². The second kappa shape index (κ2) is 8.22. The van der Waals surface area contributed by atoms with Crippen molar-refractivity contribution >= 4 is 43.6 Å². The average Bonchev–Trinajstić information content (AvgIpc) is 3.49. The minimum atomic E-state index is 1.17. The SMILES string of the molecule is c1ccc(-c2cccc(-n3c4ccccc4c4cc5c(cc43)c3ccccc3n5-c3ccccc3)c2)cc1. The molecule has 0 saturated carbocycles. The maximum absolute atomic E-state index is 2.42. The molecule has 0 unspecified atom stereocenters. The van der Waals surface area contributed by atoms with Crippen LogP contribution in [0.3, 0.4) is 0 Å². The molecule has 0 aliphatic heterocycles. The van der Waals surface area contributed by atoms with Gasteiger partial charge in [0.05, 0.1) is 22.1 Å². The fourth-order valence-corrected chi connectivity index (χ4v) is 6.02. The number of para-hydroxylation sites is 3. The number of aromatic nitrogens is 2. The molecular formula is C36H24N2. The highest BCUT2D eigenvalue weighted by molar-refractivity contribution is 6.19. The zero-order valence-electron chi connectivity index (χ0n) is 20.8. The molecule has 0 aliphatic rings. The van der Waals surface area contributed by atoms with Crippen molar-refractivity contribution in [3.8, 4) is 22.5 Å². The predicted molar refractivity (Wildman–Crippen MR) is 161 cm³/mol. The van der Waals surface area contributed by atoms with E-state index in [1.165, 1.54) is 66.1 Å². The highest BCUT2D eigenvalue weighted by atomic mass is 15.0. The number of rotatable bonds is 3. The Morgan fingerprint density at radius 2 is 0.763 bits per heavy atom. The van der Waals surface area contributed by atoms with Crippen LogP contribution in [0.4, 0.5) is 0 Å². The molecule has 0 saturated heterocycles. The summed E-state index contributed by atoms with van der Waals surface area (Å²) in [5.41, 5.74) is 9.69. The standard InChI is InChI=1S/C36H24N2/c1-3-12-25(13-4-1)26-14-11-17-28(22-26)38-34-21-10-8-19-30(34)32-23-35-31(24-36(32)38)29-18-7-9-20-33(29)37(35)27-15-5-2-6-16-27/h1-24H. The van der Waals surface area contributed by atoms with E-state index in [-0.39, 0.29) is 0 Å². The predicted octanol–water partition coefficient (Wildman–Crippen LogP) is 9.55. The van der Waals surface area contributed by atoms with Crippen LogP contribution in [0.5, 0.6) is 0 Å². The molecule has 0 atom stereocenters. The van der Waals surface area contributed by atoms with E-state index < -0.39 is 0 Å². The molecular weight excluding hydrogens is 460 g/mol. The fourth-order valence-electron chi connectivity index (χ4n) is 6.02. The van der Waals surface area contributed by atoms with Gasteiger partial charge in [-0.25, -0.2) is 0 Å². The Morgan fingerprint density at radius 1 is 0.289 bits per heavy atom. The van der Waals surface area contributed by atoms with E-state index in [4.69, 9.17) is 0 Å². The van der Waals surface area contributed by atoms with Crippen molar-refractivity contribution < 1.29 is 0 Å². The van der Waals surface area contributed by atoms with E-state index in [1.54, 1.807) is 0 Å². The fraction of sp³-hybridized carbons (Fsp3) is 0. The second-order valence-corrected chi connectivity index (χ2v) is 9.84. The molecule has 178 valence electrons. The lowest BCUT2D eigenvalue weighted by Crippen LogP contribution is -1.95. The Morgan fingerprint density at radius 3 is 1.39 bits per heavy atom. The normalized spacial score (nSPS) is 11.7. The lowest BCUT2D eigenvalue weighted by molar-refractivity contribution is 1.17. The summed E-state index contributed by atoms with van der Waals surface area (Å²) in [4.78, 5) is 0. The molecule has 0 amide bonds. The molecule has 0 bridgehead atoms. The summed E-state index contributed by atoms with van der Waals surface area (Å²) in [6.07, 6.45) is 0. The van der Waals surface area contributed by atoms with Crippen molar-refractivity contribution in [3.05, 3.63) is 146 Å². The van der Waals surface area contributed by atoms with E-state index in [1.807, 2.05) is 0 Å². The first-order valence-electron chi connectivity index (χ1n) is 13.0. The van der Waals surface area contributed by atoms with Gasteiger partial charge in [-0.1, -0.05) is 97.1 Å². The van der Waals surface area contributed by atoms with Crippen LogP contribution < -0.4 is 0 Å². The highest BCUT2D eigenvalue weighted by Crippen LogP contribution is 2.39. The number of hydrogen-bond acceptors (Lipinski definition) is 0. The second-order valence-electron chi connectivity index (χ2n) is 9.84. The summed E-state index contributed by atoms with van der Waals surface area (Å²) in [7, 11) is 0. The summed E-state index contributed by atoms with van der Waals surface area (Å²) in [6.45, 7) is 0. The summed E-state index contributed by atoms with van der Waals surface area (Å²) in [5, 5.41) is 5.06. The third kappa shape index (κ3) is 3.07. The van der Waals surface area contributed by atoms with Crippen molar-refractivity contribution in [3.63, 3.8) is 0 Å². The quantitative estimate of drug-likeness (QED) is 0.236. The topological polar surface area (TPSA) is 9.86 Å². The monoisotopic (exact) mass is 484 g/mol. The van der Waals surface area contributed by atoms with Crippen LogP contribution in [0.2, 0.25) is 0 Å². The third-order valence-electron chi connectivity index (χ3n) is 7.69. The minimum Gasteiger partial charge on any atom is -0.309 e. The first-order valence-corrected chi connectivity index (χ1v) is 13.0. The summed E-state index contributed by atoms with van der Waals surface area (Å²) >= 11 is 0. The number of fused-ring (bicyclic) bond motifs is 6. The molecule has 2 heteroatoms. The van der Waals surface area contributed by atoms with Gasteiger partial charge in [-0.3, -0.25) is 0 Å². The number of nitrogens with zero attached hydrogens (tertiary/aromatic N) is 2. The largest absolute Gasteiger partial charge is 0.309 e. The van der Waals surface area contributed by atoms with E-state index >= 15 is 0 Å². The van der Waals surface area contributed by atoms with Crippen molar-refractivity contribution in [2.24, 2.45) is 0 Å². The lowest BCUT2D eigenvalue weighted by atomic mass is 10.1. The smallest absolute Gasteiger partial charge is 0.0548 e. The Kier molecular flexibility index (Phi) is 4.55. The summed E-state index contributed by atoms with van der Waals surface area (Å²) in [6, 6.07) is 52.4. The molecule has 2 aromatic heterocycles. The van der Waals surface area contributed by atoms with Gasteiger partial charge in [-0.15, -0.1) is 0 Å². The molecule has 2 nitrogen and oxygen atoms in total. The van der Waals surface area contributed by atoms with Gasteiger partial charge in [0.2, 0.25) is 0 Å². The molecule has 8 aromatic rings. The Balaban J connectivity index is 1.49. The molecule has 6 aromatic carbocycles. The first-order chi connectivity index (χ1) is 18.9. The van der Waals surface area contributed by atoms with Gasteiger partial charge >= 0.3 is 0 Å². The van der Waals surface area contributed by atoms with E-state index in [0.29, 0.717) is 0 Å². The van der Waals surface area contributed by atoms with E-state index in [0.717, 1.165) is 0 Å². The van der Waals surface area contributed by atoms with E-state index in [9.17, 15) is 0 Å². The molecule has 38 heavy (non-hydrogen) atoms. The van der Waals surface area contributed by atoms with Crippen molar-refractivity contribution in [1.82, 2.24) is 9.13 Å². The highest BCUT2D eigenvalue weighted by Gasteiger charge is 2.18. The van der Waals surface area contributed by atoms with Crippen molar-refractivity contribution in [2.45, 2.75) is 0 Å². The zero-order chi connectivity index (χ0) is 25.1. The molecule has 8 rings (SSSR count). The van der Waals surface area contributed by atoms with Crippen LogP contribution in [0.1, 0.15) is 0 Å². The maximum atomic E-state index is 2.42. The molecule has 0 N–H and O–H groups in total. The van der Waals surface area contributed by atoms with Crippen LogP contribution in [0.15, 0.2) is 146 Å². The molecule has 2 heterocycles. The maximum Gasteiger partial charge on any atom is 0.0548 e. The molecule has 0 aliphatic carbocycles. The third-order valence-corrected chi connectivity index (χ3v) is 7.69. The average molecular weight is 485 g/mol. The van der Waals surface area contributed by atoms with Crippen LogP contribution in [-0.4, -0.2) is 9.13 Å². The first kappa shape index (κ1) is 21.0. The van der Waals surface area contributed by atoms with Crippen molar-refractivity contribution in [1.29, 1.82) is 0 Å². The molecule has 0 fully saturated rings. The van der Waals surface area contributed by atoms with Gasteiger partial charge in [0.1, 0.15) is 0 Å². The Labute approximate surface area is 220 Å². The summed E-state index contributed by atoms with van der Waals surface area (Å²) in [5.74, 6) is 0.